The number of carbonyl (C=O) groups excluding carboxylic acids is 1. The molecule has 0 aliphatic carbocycles. The minimum absolute atomic E-state index is 0.0698. The Kier molecular flexibility index (Phi) is 5.88. The summed E-state index contributed by atoms with van der Waals surface area (Å²) in [5, 5.41) is 0. The third kappa shape index (κ3) is 6.87. The fraction of sp³-hybridized carbons (Fsp3) is 0.444. The quantitative estimate of drug-likeness (QED) is 0.284. The van der Waals surface area contributed by atoms with Gasteiger partial charge in [0, 0.05) is 6.08 Å². The molecule has 86 valence electrons. The van der Waals surface area contributed by atoms with Crippen LogP contribution in [0.4, 0.5) is 0 Å². The maximum atomic E-state index is 11.1. The van der Waals surface area contributed by atoms with Crippen LogP contribution in [0, 0.1) is 0 Å². The lowest BCUT2D eigenvalue weighted by molar-refractivity contribution is -0.134. The number of rotatable bonds is 7. The molecule has 0 aliphatic heterocycles. The van der Waals surface area contributed by atoms with E-state index in [1.54, 1.807) is 6.92 Å². The van der Waals surface area contributed by atoms with Crippen molar-refractivity contribution in [2.45, 2.75) is 13.3 Å². The van der Waals surface area contributed by atoms with Gasteiger partial charge in [0.1, 0.15) is 12.4 Å². The average molecular weight is 234 g/mol. The van der Waals surface area contributed by atoms with E-state index in [0.717, 1.165) is 6.08 Å². The second-order valence-electron chi connectivity index (χ2n) is 2.69. The molecule has 0 atom stereocenters. The van der Waals surface area contributed by atoms with Gasteiger partial charge in [0.15, 0.2) is 0 Å². The zero-order chi connectivity index (χ0) is 11.9. The summed E-state index contributed by atoms with van der Waals surface area (Å²) in [5.41, 5.74) is 0. The van der Waals surface area contributed by atoms with Gasteiger partial charge >= 0.3 is 5.97 Å². The molecule has 0 N–H and O–H groups in total. The number of esters is 1. The Morgan fingerprint density at radius 2 is 2.07 bits per heavy atom. The van der Waals surface area contributed by atoms with Gasteiger partial charge in [0.2, 0.25) is 0 Å². The molecule has 0 fully saturated rings. The molecule has 0 rings (SSSR count). The van der Waals surface area contributed by atoms with E-state index in [0.29, 0.717) is 6.42 Å². The topological polar surface area (TPSA) is 69.7 Å². The molecule has 0 saturated heterocycles. The summed E-state index contributed by atoms with van der Waals surface area (Å²) in [5.74, 6) is -0.841. The fourth-order valence-electron chi connectivity index (χ4n) is 0.678. The molecule has 5 nitrogen and oxygen atoms in total. The molecule has 0 aromatic rings. The van der Waals surface area contributed by atoms with Crippen LogP contribution >= 0.6 is 0 Å². The van der Waals surface area contributed by atoms with Crippen LogP contribution in [0.25, 0.3) is 0 Å². The molecule has 0 amide bonds. The molecule has 15 heavy (non-hydrogen) atoms. The van der Waals surface area contributed by atoms with Crippen molar-refractivity contribution in [3.05, 3.63) is 25.0 Å². The molecule has 0 aromatic heterocycles. The summed E-state index contributed by atoms with van der Waals surface area (Å²) in [7, 11) is -3.55. The molecular weight excluding hydrogens is 220 g/mol. The molecule has 0 aromatic carbocycles. The summed E-state index contributed by atoms with van der Waals surface area (Å²) < 4.78 is 31.2. The third-order valence-electron chi connectivity index (χ3n) is 1.27. The van der Waals surface area contributed by atoms with Crippen molar-refractivity contribution in [2.75, 3.05) is 12.4 Å². The standard InChI is InChI=1S/C9H14O5S/c1-4-6-15(11,12)13-7-8(3)14-9(10)5-2/h5H,2-4,6-7H2,1H3. The summed E-state index contributed by atoms with van der Waals surface area (Å²) in [4.78, 5) is 10.7. The third-order valence-corrected chi connectivity index (χ3v) is 2.65. The Hall–Kier alpha value is -1.14. The van der Waals surface area contributed by atoms with Crippen LogP contribution in [0.15, 0.2) is 25.0 Å². The first-order valence-electron chi connectivity index (χ1n) is 4.30. The second-order valence-corrected chi connectivity index (χ2v) is 4.45. The van der Waals surface area contributed by atoms with Crippen molar-refractivity contribution in [1.29, 1.82) is 0 Å². The molecule has 0 heterocycles. The Morgan fingerprint density at radius 3 is 2.53 bits per heavy atom. The van der Waals surface area contributed by atoms with Crippen LogP contribution in [-0.4, -0.2) is 26.7 Å². The highest BCUT2D eigenvalue weighted by Crippen LogP contribution is 2.02. The van der Waals surface area contributed by atoms with E-state index in [2.05, 4.69) is 22.1 Å². The van der Waals surface area contributed by atoms with Crippen LogP contribution in [0.3, 0.4) is 0 Å². The minimum Gasteiger partial charge on any atom is -0.426 e. The van der Waals surface area contributed by atoms with E-state index in [4.69, 9.17) is 0 Å². The lowest BCUT2D eigenvalue weighted by atomic mass is 10.6. The van der Waals surface area contributed by atoms with Gasteiger partial charge in [-0.05, 0) is 6.42 Å². The maximum Gasteiger partial charge on any atom is 0.335 e. The molecule has 0 spiro atoms. The number of ether oxygens (including phenoxy) is 1. The predicted octanol–water partition coefficient (Wildman–Crippen LogP) is 0.986. The van der Waals surface area contributed by atoms with Gasteiger partial charge in [-0.1, -0.05) is 20.1 Å². The van der Waals surface area contributed by atoms with Crippen LogP contribution in [0.5, 0.6) is 0 Å². The van der Waals surface area contributed by atoms with Crippen LogP contribution in [-0.2, 0) is 23.8 Å². The first kappa shape index (κ1) is 13.9. The largest absolute Gasteiger partial charge is 0.426 e. The highest BCUT2D eigenvalue weighted by Gasteiger charge is 2.11. The molecule has 0 aliphatic rings. The maximum absolute atomic E-state index is 11.1. The lowest BCUT2D eigenvalue weighted by Crippen LogP contribution is -2.13. The van der Waals surface area contributed by atoms with Gasteiger partial charge in [-0.15, -0.1) is 0 Å². The zero-order valence-electron chi connectivity index (χ0n) is 8.56. The van der Waals surface area contributed by atoms with E-state index in [-0.39, 0.29) is 18.1 Å². The van der Waals surface area contributed by atoms with Crippen LogP contribution < -0.4 is 0 Å². The van der Waals surface area contributed by atoms with E-state index < -0.39 is 16.1 Å². The first-order chi connectivity index (χ1) is 6.91. The van der Waals surface area contributed by atoms with Crippen molar-refractivity contribution in [2.24, 2.45) is 0 Å². The summed E-state index contributed by atoms with van der Waals surface area (Å²) in [6.07, 6.45) is 1.41. The fourth-order valence-corrected chi connectivity index (χ4v) is 1.61. The van der Waals surface area contributed by atoms with Gasteiger partial charge in [0.25, 0.3) is 10.1 Å². The van der Waals surface area contributed by atoms with Gasteiger partial charge in [0.05, 0.1) is 5.75 Å². The monoisotopic (exact) mass is 234 g/mol. The van der Waals surface area contributed by atoms with Crippen LogP contribution in [0.2, 0.25) is 0 Å². The number of hydrogen-bond acceptors (Lipinski definition) is 5. The summed E-state index contributed by atoms with van der Waals surface area (Å²) in [6, 6.07) is 0. The van der Waals surface area contributed by atoms with Crippen LogP contribution in [0.1, 0.15) is 13.3 Å². The number of carbonyl (C=O) groups is 1. The first-order valence-corrected chi connectivity index (χ1v) is 5.88. The van der Waals surface area contributed by atoms with Crippen molar-refractivity contribution < 1.29 is 22.1 Å². The van der Waals surface area contributed by atoms with Gasteiger partial charge < -0.3 is 4.74 Å². The highest BCUT2D eigenvalue weighted by atomic mass is 32.2. The molecule has 0 bridgehead atoms. The molecular formula is C9H14O5S. The normalized spacial score (nSPS) is 10.7. The SMILES string of the molecule is C=CC(=O)OC(=C)COS(=O)(=O)CCC. The molecule has 0 saturated carbocycles. The summed E-state index contributed by atoms with van der Waals surface area (Å²) >= 11 is 0. The highest BCUT2D eigenvalue weighted by molar-refractivity contribution is 7.86. The second kappa shape index (κ2) is 6.36. The zero-order valence-corrected chi connectivity index (χ0v) is 9.38. The smallest absolute Gasteiger partial charge is 0.335 e. The van der Waals surface area contributed by atoms with Crippen molar-refractivity contribution in [3.8, 4) is 0 Å². The minimum atomic E-state index is -3.55. The average Bonchev–Trinajstić information content (AvgIpc) is 2.15. The summed E-state index contributed by atoms with van der Waals surface area (Å²) in [6.45, 7) is 7.86. The molecule has 0 unspecified atom stereocenters. The molecule has 6 heteroatoms. The Morgan fingerprint density at radius 1 is 1.47 bits per heavy atom. The van der Waals surface area contributed by atoms with E-state index in [9.17, 15) is 13.2 Å². The van der Waals surface area contributed by atoms with Crippen molar-refractivity contribution in [1.82, 2.24) is 0 Å². The number of hydrogen-bond donors (Lipinski definition) is 0. The van der Waals surface area contributed by atoms with E-state index in [1.165, 1.54) is 0 Å². The Balaban J connectivity index is 4.01. The van der Waals surface area contributed by atoms with E-state index >= 15 is 0 Å². The predicted molar refractivity (Wildman–Crippen MR) is 55.5 cm³/mol. The van der Waals surface area contributed by atoms with Crippen molar-refractivity contribution in [3.63, 3.8) is 0 Å². The Labute approximate surface area is 89.5 Å². The molecule has 0 radical (unpaired) electrons. The van der Waals surface area contributed by atoms with Gasteiger partial charge in [-0.25, -0.2) is 4.79 Å². The van der Waals surface area contributed by atoms with Gasteiger partial charge in [-0.3, -0.25) is 4.18 Å². The lowest BCUT2D eigenvalue weighted by Gasteiger charge is -2.06. The van der Waals surface area contributed by atoms with Gasteiger partial charge in [-0.2, -0.15) is 8.42 Å². The van der Waals surface area contributed by atoms with E-state index in [1.807, 2.05) is 0 Å². The Bertz CT molecular complexity index is 342. The van der Waals surface area contributed by atoms with Crippen molar-refractivity contribution >= 4 is 16.1 Å².